The third kappa shape index (κ3) is 5.40. The third-order valence-corrected chi connectivity index (χ3v) is 6.13. The van der Waals surface area contributed by atoms with Crippen molar-refractivity contribution in [2.24, 2.45) is 0 Å². The van der Waals surface area contributed by atoms with Gasteiger partial charge in [0.15, 0.2) is 5.75 Å². The number of carbonyl (C=O) groups is 1. The van der Waals surface area contributed by atoms with Gasteiger partial charge in [-0.1, -0.05) is 31.9 Å². The summed E-state index contributed by atoms with van der Waals surface area (Å²) in [5.74, 6) is -0.230. The Morgan fingerprint density at radius 1 is 1.10 bits per heavy atom. The van der Waals surface area contributed by atoms with Crippen LogP contribution in [0.25, 0.3) is 0 Å². The molecule has 7 nitrogen and oxygen atoms in total. The van der Waals surface area contributed by atoms with Gasteiger partial charge in [-0.25, -0.2) is 4.79 Å². The van der Waals surface area contributed by atoms with E-state index in [-0.39, 0.29) is 11.8 Å². The van der Waals surface area contributed by atoms with Crippen LogP contribution in [0.15, 0.2) is 44.2 Å². The van der Waals surface area contributed by atoms with E-state index >= 15 is 0 Å². The van der Waals surface area contributed by atoms with Gasteiger partial charge in [0.25, 0.3) is 5.56 Å². The second-order valence-electron chi connectivity index (χ2n) is 6.82. The second kappa shape index (κ2) is 9.77. The molecule has 1 N–H and O–H groups in total. The Morgan fingerprint density at radius 2 is 1.83 bits per heavy atom. The molecule has 0 atom stereocenters. The summed E-state index contributed by atoms with van der Waals surface area (Å²) in [7, 11) is 0. The molecule has 3 rings (SSSR count). The van der Waals surface area contributed by atoms with Gasteiger partial charge < -0.3 is 19.3 Å². The Hall–Kier alpha value is -1.84. The Kier molecular flexibility index (Phi) is 7.37. The van der Waals surface area contributed by atoms with Crippen LogP contribution in [-0.2, 0) is 17.8 Å². The van der Waals surface area contributed by atoms with E-state index in [0.717, 1.165) is 14.5 Å². The molecule has 29 heavy (non-hydrogen) atoms. The van der Waals surface area contributed by atoms with Gasteiger partial charge >= 0.3 is 6.09 Å². The zero-order chi connectivity index (χ0) is 21.0. The van der Waals surface area contributed by atoms with Gasteiger partial charge in [0, 0.05) is 53.4 Å². The largest absolute Gasteiger partial charge is 0.503 e. The number of halogens is 2. The fourth-order valence-electron chi connectivity index (χ4n) is 3.24. The lowest BCUT2D eigenvalue weighted by Gasteiger charge is -2.34. The minimum absolute atomic E-state index is 0.230. The zero-order valence-electron chi connectivity index (χ0n) is 16.1. The highest BCUT2D eigenvalue weighted by Gasteiger charge is 2.23. The summed E-state index contributed by atoms with van der Waals surface area (Å²) in [6.07, 6.45) is 1.41. The first kappa shape index (κ1) is 21.9. The predicted octanol–water partition coefficient (Wildman–Crippen LogP) is 3.40. The van der Waals surface area contributed by atoms with E-state index in [4.69, 9.17) is 4.74 Å². The van der Waals surface area contributed by atoms with Crippen LogP contribution in [0, 0.1) is 0 Å². The van der Waals surface area contributed by atoms with E-state index in [1.165, 1.54) is 4.57 Å². The molecule has 0 aliphatic carbocycles. The topological polar surface area (TPSA) is 75.0 Å². The van der Waals surface area contributed by atoms with Crippen molar-refractivity contribution in [1.29, 1.82) is 0 Å². The molecular formula is C20H23Br2N3O4. The average molecular weight is 529 g/mol. The second-order valence-corrected chi connectivity index (χ2v) is 8.59. The maximum absolute atomic E-state index is 12.6. The highest BCUT2D eigenvalue weighted by atomic mass is 79.9. The standard InChI is InChI=1S/C20H23Br2N3O4/c1-2-29-20(28)24-9-7-23(8-10-24)12-14-5-6-25(19(27)18(14)26)13-15-11-16(21)3-4-17(15)22/h3-6,11,26H,2,7-10,12-13H2,1H3. The summed E-state index contributed by atoms with van der Waals surface area (Å²) in [6, 6.07) is 7.54. The molecule has 9 heteroatoms. The summed E-state index contributed by atoms with van der Waals surface area (Å²) in [6.45, 7) is 5.40. The first-order valence-electron chi connectivity index (χ1n) is 9.38. The van der Waals surface area contributed by atoms with Crippen molar-refractivity contribution in [3.05, 3.63) is 60.9 Å². The molecular weight excluding hydrogens is 506 g/mol. The van der Waals surface area contributed by atoms with Gasteiger partial charge in [-0.2, -0.15) is 0 Å². The van der Waals surface area contributed by atoms with Crippen LogP contribution < -0.4 is 5.56 Å². The number of piperazine rings is 1. The van der Waals surface area contributed by atoms with Crippen LogP contribution in [0.3, 0.4) is 0 Å². The summed E-state index contributed by atoms with van der Waals surface area (Å²) in [5.41, 5.74) is 1.10. The smallest absolute Gasteiger partial charge is 0.409 e. The molecule has 1 aliphatic rings. The SMILES string of the molecule is CCOC(=O)N1CCN(Cc2ccn(Cc3cc(Br)ccc3Br)c(=O)c2O)CC1. The van der Waals surface area contributed by atoms with E-state index in [1.807, 2.05) is 18.2 Å². The van der Waals surface area contributed by atoms with Crippen molar-refractivity contribution in [3.63, 3.8) is 0 Å². The number of hydrogen-bond acceptors (Lipinski definition) is 5. The van der Waals surface area contributed by atoms with Crippen LogP contribution >= 0.6 is 31.9 Å². The Balaban J connectivity index is 1.67. The van der Waals surface area contributed by atoms with E-state index < -0.39 is 5.56 Å². The average Bonchev–Trinajstić information content (AvgIpc) is 2.71. The van der Waals surface area contributed by atoms with Crippen LogP contribution in [-0.4, -0.2) is 58.4 Å². The van der Waals surface area contributed by atoms with Gasteiger partial charge in [0.2, 0.25) is 0 Å². The van der Waals surface area contributed by atoms with Gasteiger partial charge in [0.05, 0.1) is 13.2 Å². The number of benzene rings is 1. The molecule has 1 aromatic heterocycles. The van der Waals surface area contributed by atoms with Crippen molar-refractivity contribution >= 4 is 38.0 Å². The Bertz CT molecular complexity index is 940. The zero-order valence-corrected chi connectivity index (χ0v) is 19.3. The quantitative estimate of drug-likeness (QED) is 0.643. The monoisotopic (exact) mass is 527 g/mol. The minimum atomic E-state index is -0.417. The number of aromatic hydroxyl groups is 1. The van der Waals surface area contributed by atoms with Gasteiger partial charge in [-0.3, -0.25) is 9.69 Å². The van der Waals surface area contributed by atoms with Gasteiger partial charge in [-0.05, 0) is 36.8 Å². The molecule has 1 amide bonds. The summed E-state index contributed by atoms with van der Waals surface area (Å²) < 4.78 is 8.34. The summed E-state index contributed by atoms with van der Waals surface area (Å²) in [5, 5.41) is 10.5. The lowest BCUT2D eigenvalue weighted by molar-refractivity contribution is 0.0776. The number of ether oxygens (including phenoxy) is 1. The normalized spacial score (nSPS) is 14.8. The summed E-state index contributed by atoms with van der Waals surface area (Å²) >= 11 is 6.93. The van der Waals surface area contributed by atoms with Gasteiger partial charge in [-0.15, -0.1) is 0 Å². The first-order valence-corrected chi connectivity index (χ1v) is 11.0. The number of carbonyl (C=O) groups excluding carboxylic acids is 1. The molecule has 0 unspecified atom stereocenters. The Labute approximate surface area is 186 Å². The number of aromatic nitrogens is 1. The molecule has 156 valence electrons. The van der Waals surface area contributed by atoms with Crippen LogP contribution in [0.2, 0.25) is 0 Å². The number of hydrogen-bond donors (Lipinski definition) is 1. The molecule has 1 aliphatic heterocycles. The number of rotatable bonds is 5. The molecule has 0 spiro atoms. The fraction of sp³-hybridized carbons (Fsp3) is 0.400. The molecule has 2 heterocycles. The molecule has 0 radical (unpaired) electrons. The van der Waals surface area contributed by atoms with E-state index in [0.29, 0.717) is 51.4 Å². The number of nitrogens with zero attached hydrogens (tertiary/aromatic N) is 3. The van der Waals surface area contributed by atoms with Crippen LogP contribution in [0.1, 0.15) is 18.1 Å². The van der Waals surface area contributed by atoms with E-state index in [2.05, 4.69) is 36.8 Å². The predicted molar refractivity (Wildman–Crippen MR) is 117 cm³/mol. The fourth-order valence-corrected chi connectivity index (χ4v) is 4.02. The Morgan fingerprint density at radius 3 is 2.52 bits per heavy atom. The van der Waals surface area contributed by atoms with E-state index in [9.17, 15) is 14.7 Å². The maximum Gasteiger partial charge on any atom is 0.409 e. The molecule has 0 bridgehead atoms. The first-order chi connectivity index (χ1) is 13.9. The van der Waals surface area contributed by atoms with E-state index in [1.54, 1.807) is 24.1 Å². The van der Waals surface area contributed by atoms with Crippen molar-refractivity contribution in [2.45, 2.75) is 20.0 Å². The number of pyridine rings is 1. The van der Waals surface area contributed by atoms with Crippen molar-refractivity contribution < 1.29 is 14.6 Å². The van der Waals surface area contributed by atoms with Gasteiger partial charge in [0.1, 0.15) is 0 Å². The molecule has 1 aromatic carbocycles. The maximum atomic E-state index is 12.6. The third-order valence-electron chi connectivity index (χ3n) is 4.86. The lowest BCUT2D eigenvalue weighted by Crippen LogP contribution is -2.48. The number of amides is 1. The molecule has 1 fully saturated rings. The summed E-state index contributed by atoms with van der Waals surface area (Å²) in [4.78, 5) is 28.2. The lowest BCUT2D eigenvalue weighted by atomic mass is 10.2. The molecule has 1 saturated heterocycles. The van der Waals surface area contributed by atoms with Crippen molar-refractivity contribution in [1.82, 2.24) is 14.4 Å². The highest BCUT2D eigenvalue weighted by molar-refractivity contribution is 9.11. The van der Waals surface area contributed by atoms with Crippen molar-refractivity contribution in [3.8, 4) is 5.75 Å². The molecule has 2 aromatic rings. The van der Waals surface area contributed by atoms with Crippen molar-refractivity contribution in [2.75, 3.05) is 32.8 Å². The molecule has 0 saturated carbocycles. The highest BCUT2D eigenvalue weighted by Crippen LogP contribution is 2.23. The van der Waals surface area contributed by atoms with Crippen LogP contribution in [0.4, 0.5) is 4.79 Å². The minimum Gasteiger partial charge on any atom is -0.503 e. The van der Waals surface area contributed by atoms with Crippen LogP contribution in [0.5, 0.6) is 5.75 Å².